The van der Waals surface area contributed by atoms with E-state index in [2.05, 4.69) is 39.0 Å². The van der Waals surface area contributed by atoms with Crippen LogP contribution in [0.5, 0.6) is 11.5 Å². The van der Waals surface area contributed by atoms with Gasteiger partial charge in [0, 0.05) is 0 Å². The van der Waals surface area contributed by atoms with Gasteiger partial charge in [-0.3, -0.25) is 4.79 Å². The van der Waals surface area contributed by atoms with Gasteiger partial charge in [-0.1, -0.05) is 36.8 Å². The molecule has 0 aromatic heterocycles. The van der Waals surface area contributed by atoms with Crippen LogP contribution in [0.1, 0.15) is 57.3 Å². The van der Waals surface area contributed by atoms with E-state index in [-0.39, 0.29) is 0 Å². The molecule has 1 aromatic rings. The highest BCUT2D eigenvalue weighted by Crippen LogP contribution is 2.30. The summed E-state index contributed by atoms with van der Waals surface area (Å²) in [6, 6.07) is 5.37. The Morgan fingerprint density at radius 3 is 2.67 bits per heavy atom. The van der Waals surface area contributed by atoms with E-state index in [1.807, 2.05) is 13.0 Å². The van der Waals surface area contributed by atoms with Gasteiger partial charge < -0.3 is 9.47 Å². The Morgan fingerprint density at radius 1 is 1.21 bits per heavy atom. The maximum Gasteiger partial charge on any atom is 0.171 e. The highest BCUT2D eigenvalue weighted by Gasteiger charge is 2.10. The summed E-state index contributed by atoms with van der Waals surface area (Å²) in [6.07, 6.45) is 10.6. The maximum atomic E-state index is 11.2. The number of aldehydes is 1. The zero-order valence-corrected chi connectivity index (χ0v) is 15.4. The fourth-order valence-electron chi connectivity index (χ4n) is 2.34. The van der Waals surface area contributed by atoms with Gasteiger partial charge in [-0.25, -0.2) is 0 Å². The Labute approximate surface area is 146 Å². The van der Waals surface area contributed by atoms with Gasteiger partial charge in [-0.15, -0.1) is 0 Å². The first kappa shape index (κ1) is 20.0. The van der Waals surface area contributed by atoms with E-state index in [0.29, 0.717) is 36.2 Å². The second-order valence-electron chi connectivity index (χ2n) is 6.13. The van der Waals surface area contributed by atoms with E-state index in [4.69, 9.17) is 9.47 Å². The zero-order valence-electron chi connectivity index (χ0n) is 15.4. The van der Waals surface area contributed by atoms with E-state index in [0.717, 1.165) is 25.5 Å². The van der Waals surface area contributed by atoms with E-state index in [1.165, 1.54) is 5.57 Å². The lowest BCUT2D eigenvalue weighted by Crippen LogP contribution is -2.03. The van der Waals surface area contributed by atoms with Crippen LogP contribution >= 0.6 is 0 Å². The Balaban J connectivity index is 2.46. The quantitative estimate of drug-likeness (QED) is 0.301. The molecule has 3 heteroatoms. The van der Waals surface area contributed by atoms with Gasteiger partial charge in [0.05, 0.1) is 18.8 Å². The van der Waals surface area contributed by atoms with Gasteiger partial charge in [0.25, 0.3) is 0 Å². The number of allylic oxidation sites excluding steroid dienone is 3. The van der Waals surface area contributed by atoms with E-state index in [9.17, 15) is 4.79 Å². The van der Waals surface area contributed by atoms with Gasteiger partial charge in [-0.05, 0) is 58.1 Å². The molecule has 1 unspecified atom stereocenters. The second-order valence-corrected chi connectivity index (χ2v) is 6.13. The Morgan fingerprint density at radius 2 is 2.00 bits per heavy atom. The van der Waals surface area contributed by atoms with Crippen molar-refractivity contribution >= 4 is 6.29 Å². The molecule has 3 nitrogen and oxygen atoms in total. The Hall–Kier alpha value is -2.03. The third kappa shape index (κ3) is 7.49. The molecule has 0 saturated carbocycles. The first-order chi connectivity index (χ1) is 11.6. The molecular weight excluding hydrogens is 300 g/mol. The zero-order chi connectivity index (χ0) is 17.8. The summed E-state index contributed by atoms with van der Waals surface area (Å²) in [6.45, 7) is 9.47. The highest BCUT2D eigenvalue weighted by molar-refractivity contribution is 5.81. The van der Waals surface area contributed by atoms with Crippen molar-refractivity contribution in [3.05, 3.63) is 47.6 Å². The summed E-state index contributed by atoms with van der Waals surface area (Å²) >= 11 is 0. The number of benzene rings is 1. The minimum absolute atomic E-state index is 0.528. The number of carbonyl (C=O) groups excluding carboxylic acids is 1. The molecule has 1 rings (SSSR count). The van der Waals surface area contributed by atoms with Crippen LogP contribution in [0.3, 0.4) is 0 Å². The Bertz CT molecular complexity index is 554. The predicted molar refractivity (Wildman–Crippen MR) is 100 cm³/mol. The number of hydrogen-bond acceptors (Lipinski definition) is 3. The molecule has 0 bridgehead atoms. The lowest BCUT2D eigenvalue weighted by molar-refractivity contribution is 0.111. The molecule has 1 aromatic carbocycles. The maximum absolute atomic E-state index is 11.2. The molecule has 1 atom stereocenters. The number of hydrogen-bond donors (Lipinski definition) is 0. The van der Waals surface area contributed by atoms with E-state index < -0.39 is 0 Å². The molecule has 0 radical (unpaired) electrons. The third-order valence-electron chi connectivity index (χ3n) is 3.61. The van der Waals surface area contributed by atoms with Crippen molar-refractivity contribution in [1.82, 2.24) is 0 Å². The largest absolute Gasteiger partial charge is 0.490 e. The number of ether oxygens (including phenoxy) is 2. The van der Waals surface area contributed by atoms with Crippen LogP contribution in [0.2, 0.25) is 0 Å². The fraction of sp³-hybridized carbons (Fsp3) is 0.476. The van der Waals surface area contributed by atoms with Gasteiger partial charge >= 0.3 is 0 Å². The van der Waals surface area contributed by atoms with E-state index >= 15 is 0 Å². The lowest BCUT2D eigenvalue weighted by Gasteiger charge is -2.13. The number of para-hydroxylation sites is 1. The van der Waals surface area contributed by atoms with Crippen LogP contribution in [0.15, 0.2) is 42.0 Å². The number of carbonyl (C=O) groups is 1. The normalized spacial score (nSPS) is 12.0. The molecular formula is C21H30O3. The molecule has 24 heavy (non-hydrogen) atoms. The summed E-state index contributed by atoms with van der Waals surface area (Å²) in [5.74, 6) is 1.72. The summed E-state index contributed by atoms with van der Waals surface area (Å²) < 4.78 is 11.3. The minimum atomic E-state index is 0.528. The van der Waals surface area contributed by atoms with Crippen LogP contribution in [-0.2, 0) is 0 Å². The van der Waals surface area contributed by atoms with Crippen LogP contribution in [-0.4, -0.2) is 19.5 Å². The van der Waals surface area contributed by atoms with Crippen molar-refractivity contribution in [3.8, 4) is 11.5 Å². The first-order valence-corrected chi connectivity index (χ1v) is 8.72. The third-order valence-corrected chi connectivity index (χ3v) is 3.61. The van der Waals surface area contributed by atoms with Gasteiger partial charge in [0.15, 0.2) is 17.8 Å². The van der Waals surface area contributed by atoms with Crippen LogP contribution < -0.4 is 9.47 Å². The van der Waals surface area contributed by atoms with Crippen LogP contribution in [0.25, 0.3) is 0 Å². The van der Waals surface area contributed by atoms with Crippen LogP contribution in [0, 0.1) is 5.92 Å². The highest BCUT2D eigenvalue weighted by atomic mass is 16.5. The molecule has 132 valence electrons. The standard InChI is InChI=1S/C21H30O3/c1-5-23-20-14-9-13-19(16-22)21(20)24-15-7-6-11-18(4)12-8-10-17(2)3/h6,9-11,13-14,16,18H,5,7-8,12,15H2,1-4H3. The first-order valence-electron chi connectivity index (χ1n) is 8.72. The van der Waals surface area contributed by atoms with Crippen LogP contribution in [0.4, 0.5) is 0 Å². The summed E-state index contributed by atoms with van der Waals surface area (Å²) in [7, 11) is 0. The molecule has 0 spiro atoms. The average molecular weight is 330 g/mol. The monoisotopic (exact) mass is 330 g/mol. The van der Waals surface area contributed by atoms with Crippen molar-refractivity contribution in [2.45, 2.75) is 47.0 Å². The van der Waals surface area contributed by atoms with Crippen molar-refractivity contribution in [3.63, 3.8) is 0 Å². The lowest BCUT2D eigenvalue weighted by atomic mass is 10.0. The van der Waals surface area contributed by atoms with Crippen molar-refractivity contribution in [2.75, 3.05) is 13.2 Å². The topological polar surface area (TPSA) is 35.5 Å². The Kier molecular flexibility index (Phi) is 9.59. The fourth-order valence-corrected chi connectivity index (χ4v) is 2.34. The number of rotatable bonds is 11. The molecule has 0 saturated heterocycles. The molecule has 0 N–H and O–H groups in total. The molecule has 0 aliphatic carbocycles. The van der Waals surface area contributed by atoms with Gasteiger partial charge in [-0.2, -0.15) is 0 Å². The molecule has 0 fully saturated rings. The van der Waals surface area contributed by atoms with E-state index in [1.54, 1.807) is 12.1 Å². The average Bonchev–Trinajstić information content (AvgIpc) is 2.55. The van der Waals surface area contributed by atoms with Crippen molar-refractivity contribution in [1.29, 1.82) is 0 Å². The summed E-state index contributed by atoms with van der Waals surface area (Å²) in [5, 5.41) is 0. The summed E-state index contributed by atoms with van der Waals surface area (Å²) in [5.41, 5.74) is 1.90. The smallest absolute Gasteiger partial charge is 0.171 e. The predicted octanol–water partition coefficient (Wildman–Crippen LogP) is 5.61. The second kappa shape index (κ2) is 11.5. The molecule has 0 amide bonds. The molecule has 0 aliphatic rings. The van der Waals surface area contributed by atoms with Crippen molar-refractivity contribution in [2.24, 2.45) is 5.92 Å². The molecule has 0 heterocycles. The van der Waals surface area contributed by atoms with Gasteiger partial charge in [0.2, 0.25) is 0 Å². The summed E-state index contributed by atoms with van der Waals surface area (Å²) in [4.78, 5) is 11.2. The SMILES string of the molecule is CCOc1cccc(C=O)c1OCCC=CC(C)CCC=C(C)C. The van der Waals surface area contributed by atoms with Gasteiger partial charge in [0.1, 0.15) is 0 Å². The van der Waals surface area contributed by atoms with Crippen molar-refractivity contribution < 1.29 is 14.3 Å². The minimum Gasteiger partial charge on any atom is -0.490 e. The molecule has 0 aliphatic heterocycles.